The number of guanidine groups is 1. The van der Waals surface area contributed by atoms with Gasteiger partial charge < -0.3 is 19.9 Å². The van der Waals surface area contributed by atoms with Crippen LogP contribution in [-0.4, -0.2) is 59.9 Å². The van der Waals surface area contributed by atoms with Gasteiger partial charge in [-0.2, -0.15) is 0 Å². The number of hydrogen-bond donors (Lipinski definition) is 2. The molecule has 0 saturated carbocycles. The van der Waals surface area contributed by atoms with E-state index >= 15 is 0 Å². The minimum atomic E-state index is 0.0202. The van der Waals surface area contributed by atoms with E-state index in [0.29, 0.717) is 12.1 Å². The summed E-state index contributed by atoms with van der Waals surface area (Å²) in [7, 11) is 3.53. The summed E-state index contributed by atoms with van der Waals surface area (Å²) in [5, 5.41) is 6.67. The number of hydrogen-bond acceptors (Lipinski definition) is 3. The molecule has 2 heterocycles. The lowest BCUT2D eigenvalue weighted by Gasteiger charge is -2.13. The second kappa shape index (κ2) is 10.6. The fraction of sp³-hybridized carbons (Fsp3) is 0.375. The van der Waals surface area contributed by atoms with E-state index in [0.717, 1.165) is 48.8 Å². The number of nitrogens with zero attached hydrogens (tertiary/aromatic N) is 4. The number of pyridine rings is 1. The van der Waals surface area contributed by atoms with Crippen molar-refractivity contribution in [1.29, 1.82) is 0 Å². The average Bonchev–Trinajstić information content (AvgIpc) is 3.18. The number of imidazole rings is 1. The van der Waals surface area contributed by atoms with E-state index in [1.807, 2.05) is 36.5 Å². The molecule has 2 N–H and O–H groups in total. The number of carbonyl (C=O) groups excluding carboxylic acids is 1. The van der Waals surface area contributed by atoms with Gasteiger partial charge in [-0.15, -0.1) is 0 Å². The number of aryl methyl sites for hydroxylation is 1. The monoisotopic (exact) mass is 420 g/mol. The molecule has 7 nitrogen and oxygen atoms in total. The van der Waals surface area contributed by atoms with Crippen LogP contribution < -0.4 is 10.6 Å². The first-order valence-corrected chi connectivity index (χ1v) is 10.7. The lowest BCUT2D eigenvalue weighted by molar-refractivity contribution is 0.0827. The highest BCUT2D eigenvalue weighted by Gasteiger charge is 2.08. The topological polar surface area (TPSA) is 74.0 Å². The van der Waals surface area contributed by atoms with Gasteiger partial charge in [0.25, 0.3) is 5.91 Å². The fourth-order valence-electron chi connectivity index (χ4n) is 3.39. The molecule has 0 radical (unpaired) electrons. The highest BCUT2D eigenvalue weighted by atomic mass is 16.2. The first-order valence-electron chi connectivity index (χ1n) is 10.7. The Morgan fingerprint density at radius 1 is 1.16 bits per heavy atom. The molecule has 0 spiro atoms. The Hall–Kier alpha value is -3.35. The molecule has 0 aliphatic rings. The molecule has 0 unspecified atom stereocenters. The summed E-state index contributed by atoms with van der Waals surface area (Å²) < 4.78 is 2.06. The van der Waals surface area contributed by atoms with Gasteiger partial charge in [-0.1, -0.05) is 18.2 Å². The quantitative estimate of drug-likeness (QED) is 0.434. The third-order valence-corrected chi connectivity index (χ3v) is 5.00. The van der Waals surface area contributed by atoms with Crippen LogP contribution >= 0.6 is 0 Å². The summed E-state index contributed by atoms with van der Waals surface area (Å²) >= 11 is 0. The standard InChI is InChI=1S/C24H32N6O/c1-5-25-24(26-13-11-19-9-6-10-20(16-19)23(31)29(3)4)27-14-12-21-17-30-15-7-8-18(2)22(30)28-21/h6-10,15-17H,5,11-14H2,1-4H3,(H2,25,26,27). The normalized spacial score (nSPS) is 11.5. The zero-order valence-electron chi connectivity index (χ0n) is 18.9. The number of rotatable bonds is 8. The largest absolute Gasteiger partial charge is 0.357 e. The Bertz CT molecular complexity index is 1050. The van der Waals surface area contributed by atoms with Gasteiger partial charge in [0.15, 0.2) is 5.96 Å². The van der Waals surface area contributed by atoms with Gasteiger partial charge in [0.2, 0.25) is 0 Å². The summed E-state index contributed by atoms with van der Waals surface area (Å²) in [6.45, 7) is 6.32. The highest BCUT2D eigenvalue weighted by Crippen LogP contribution is 2.10. The Morgan fingerprint density at radius 3 is 2.74 bits per heavy atom. The third-order valence-electron chi connectivity index (χ3n) is 5.00. The maximum Gasteiger partial charge on any atom is 0.253 e. The van der Waals surface area contributed by atoms with E-state index in [9.17, 15) is 4.79 Å². The molecule has 164 valence electrons. The molecule has 1 aromatic carbocycles. The van der Waals surface area contributed by atoms with Crippen molar-refractivity contribution in [2.45, 2.75) is 26.7 Å². The van der Waals surface area contributed by atoms with Crippen molar-refractivity contribution < 1.29 is 4.79 Å². The van der Waals surface area contributed by atoms with Crippen LogP contribution in [0.3, 0.4) is 0 Å². The zero-order valence-corrected chi connectivity index (χ0v) is 18.9. The number of benzene rings is 1. The number of aromatic nitrogens is 2. The highest BCUT2D eigenvalue weighted by molar-refractivity contribution is 5.94. The van der Waals surface area contributed by atoms with Gasteiger partial charge >= 0.3 is 0 Å². The predicted octanol–water partition coefficient (Wildman–Crippen LogP) is 2.68. The molecule has 1 amide bonds. The van der Waals surface area contributed by atoms with Gasteiger partial charge in [0, 0.05) is 58.1 Å². The molecule has 3 aromatic rings. The van der Waals surface area contributed by atoms with Crippen molar-refractivity contribution >= 4 is 17.5 Å². The molecule has 0 fully saturated rings. The number of fused-ring (bicyclic) bond motifs is 1. The second-order valence-electron chi connectivity index (χ2n) is 7.74. The fourth-order valence-corrected chi connectivity index (χ4v) is 3.39. The second-order valence-corrected chi connectivity index (χ2v) is 7.74. The number of aliphatic imine (C=N–C) groups is 1. The van der Waals surface area contributed by atoms with Crippen LogP contribution in [-0.2, 0) is 12.8 Å². The first kappa shape index (κ1) is 22.3. The minimum Gasteiger partial charge on any atom is -0.357 e. The van der Waals surface area contributed by atoms with Crippen LogP contribution in [0.2, 0.25) is 0 Å². The van der Waals surface area contributed by atoms with Crippen LogP contribution in [0.15, 0.2) is 53.8 Å². The van der Waals surface area contributed by atoms with Gasteiger partial charge in [-0.3, -0.25) is 9.79 Å². The van der Waals surface area contributed by atoms with Crippen molar-refractivity contribution in [2.75, 3.05) is 33.7 Å². The summed E-state index contributed by atoms with van der Waals surface area (Å²) in [4.78, 5) is 23.1. The molecule has 3 rings (SSSR count). The van der Waals surface area contributed by atoms with Gasteiger partial charge in [-0.25, -0.2) is 4.98 Å². The Balaban J connectivity index is 1.54. The van der Waals surface area contributed by atoms with Crippen LogP contribution in [0.4, 0.5) is 0 Å². The van der Waals surface area contributed by atoms with E-state index in [4.69, 9.17) is 4.98 Å². The van der Waals surface area contributed by atoms with Gasteiger partial charge in [0.05, 0.1) is 5.69 Å². The van der Waals surface area contributed by atoms with E-state index in [1.165, 1.54) is 5.56 Å². The minimum absolute atomic E-state index is 0.0202. The predicted molar refractivity (Wildman–Crippen MR) is 126 cm³/mol. The Morgan fingerprint density at radius 2 is 2.00 bits per heavy atom. The molecule has 0 aliphatic heterocycles. The first-order chi connectivity index (χ1) is 15.0. The van der Waals surface area contributed by atoms with Crippen molar-refractivity contribution in [3.8, 4) is 0 Å². The molecule has 31 heavy (non-hydrogen) atoms. The van der Waals surface area contributed by atoms with Crippen molar-refractivity contribution in [3.63, 3.8) is 0 Å². The van der Waals surface area contributed by atoms with Crippen LogP contribution in [0, 0.1) is 6.92 Å². The molecule has 0 saturated heterocycles. The molecule has 2 aromatic heterocycles. The Kier molecular flexibility index (Phi) is 7.65. The lowest BCUT2D eigenvalue weighted by atomic mass is 10.1. The SMILES string of the molecule is CCNC(=NCCc1cn2cccc(C)c2n1)NCCc1cccc(C(=O)N(C)C)c1. The number of nitrogens with one attached hydrogen (secondary N) is 2. The average molecular weight is 421 g/mol. The lowest BCUT2D eigenvalue weighted by Crippen LogP contribution is -2.38. The molecular weight excluding hydrogens is 388 g/mol. The van der Waals surface area contributed by atoms with Gasteiger partial charge in [0.1, 0.15) is 5.65 Å². The van der Waals surface area contributed by atoms with Crippen LogP contribution in [0.25, 0.3) is 5.65 Å². The van der Waals surface area contributed by atoms with Crippen LogP contribution in [0.1, 0.15) is 34.1 Å². The van der Waals surface area contributed by atoms with E-state index in [1.54, 1.807) is 19.0 Å². The Labute approximate surface area is 184 Å². The summed E-state index contributed by atoms with van der Waals surface area (Å²) in [6, 6.07) is 11.9. The van der Waals surface area contributed by atoms with Crippen LogP contribution in [0.5, 0.6) is 0 Å². The van der Waals surface area contributed by atoms with E-state index in [2.05, 4.69) is 46.1 Å². The maximum atomic E-state index is 12.1. The van der Waals surface area contributed by atoms with E-state index in [-0.39, 0.29) is 5.91 Å². The van der Waals surface area contributed by atoms with E-state index < -0.39 is 0 Å². The van der Waals surface area contributed by atoms with Gasteiger partial charge in [-0.05, 0) is 49.6 Å². The van der Waals surface area contributed by atoms with Crippen molar-refractivity contribution in [1.82, 2.24) is 24.9 Å². The summed E-state index contributed by atoms with van der Waals surface area (Å²) in [5.74, 6) is 0.815. The molecule has 0 aliphatic carbocycles. The summed E-state index contributed by atoms with van der Waals surface area (Å²) in [6.07, 6.45) is 5.69. The van der Waals surface area contributed by atoms with Crippen molar-refractivity contribution in [3.05, 3.63) is 71.2 Å². The summed E-state index contributed by atoms with van der Waals surface area (Å²) in [5.41, 5.74) is 5.04. The molecule has 7 heteroatoms. The third kappa shape index (κ3) is 6.07. The zero-order chi connectivity index (χ0) is 22.2. The number of carbonyl (C=O) groups is 1. The molecule has 0 bridgehead atoms. The molecular formula is C24H32N6O. The smallest absolute Gasteiger partial charge is 0.253 e. The maximum absolute atomic E-state index is 12.1. The van der Waals surface area contributed by atoms with Crippen molar-refractivity contribution in [2.24, 2.45) is 4.99 Å². The molecule has 0 atom stereocenters. The number of amides is 1.